The second-order valence-corrected chi connectivity index (χ2v) is 6.78. The van der Waals surface area contributed by atoms with Crippen molar-refractivity contribution in [2.75, 3.05) is 0 Å². The molecular weight excluding hydrogens is 385 g/mol. The largest absolute Gasteiger partial charge is 0.467 e. The summed E-state index contributed by atoms with van der Waals surface area (Å²) in [6, 6.07) is 12.3. The minimum absolute atomic E-state index is 0.328. The Balaban J connectivity index is 1.66. The van der Waals surface area contributed by atoms with Gasteiger partial charge in [-0.05, 0) is 35.9 Å². The van der Waals surface area contributed by atoms with Crippen LogP contribution in [0, 0.1) is 5.82 Å². The Labute approximate surface area is 164 Å². The molecule has 0 radical (unpaired) electrons. The summed E-state index contributed by atoms with van der Waals surface area (Å²) < 4.78 is 20.0. The number of rotatable bonds is 4. The third-order valence-corrected chi connectivity index (χ3v) is 4.72. The zero-order valence-electron chi connectivity index (χ0n) is 14.6. The molecule has 0 spiro atoms. The van der Waals surface area contributed by atoms with Gasteiger partial charge in [0.1, 0.15) is 24.2 Å². The first kappa shape index (κ1) is 18.2. The molecular formula is C20H15ClFN3O3. The monoisotopic (exact) mass is 399 g/mol. The summed E-state index contributed by atoms with van der Waals surface area (Å²) in [6.07, 6.45) is 2.97. The molecule has 0 saturated heterocycles. The lowest BCUT2D eigenvalue weighted by Gasteiger charge is -2.20. The first-order valence-electron chi connectivity index (χ1n) is 8.56. The molecule has 0 aliphatic carbocycles. The normalized spacial score (nSPS) is 16.3. The van der Waals surface area contributed by atoms with Crippen molar-refractivity contribution < 1.29 is 13.6 Å². The van der Waals surface area contributed by atoms with Gasteiger partial charge in [-0.2, -0.15) is 5.10 Å². The molecule has 3 aromatic rings. The number of halogens is 2. The summed E-state index contributed by atoms with van der Waals surface area (Å²) in [5.74, 6) is -0.465. The molecule has 2 aromatic heterocycles. The van der Waals surface area contributed by atoms with Crippen molar-refractivity contribution in [2.24, 2.45) is 5.10 Å². The van der Waals surface area contributed by atoms with Crippen LogP contribution in [0.15, 0.2) is 75.3 Å². The Morgan fingerprint density at radius 3 is 2.71 bits per heavy atom. The molecule has 1 amide bonds. The van der Waals surface area contributed by atoms with Gasteiger partial charge in [0.05, 0.1) is 12.0 Å². The number of hydrazone groups is 1. The zero-order chi connectivity index (χ0) is 19.7. The minimum atomic E-state index is -0.596. The Morgan fingerprint density at radius 1 is 1.21 bits per heavy atom. The summed E-state index contributed by atoms with van der Waals surface area (Å²) in [7, 11) is 0. The molecule has 6 nitrogen and oxygen atoms in total. The lowest BCUT2D eigenvalue weighted by molar-refractivity contribution is -0.134. The second kappa shape index (κ2) is 7.44. The van der Waals surface area contributed by atoms with E-state index in [1.54, 1.807) is 24.3 Å². The van der Waals surface area contributed by atoms with Gasteiger partial charge in [0.15, 0.2) is 0 Å². The first-order chi connectivity index (χ1) is 13.5. The Hall–Kier alpha value is -3.19. The molecule has 1 atom stereocenters. The molecule has 1 aliphatic heterocycles. The molecule has 1 aliphatic rings. The van der Waals surface area contributed by atoms with Gasteiger partial charge in [0.25, 0.3) is 11.5 Å². The van der Waals surface area contributed by atoms with Crippen LogP contribution in [0.2, 0.25) is 5.02 Å². The molecule has 0 bridgehead atoms. The van der Waals surface area contributed by atoms with E-state index >= 15 is 0 Å². The Kier molecular flexibility index (Phi) is 4.83. The summed E-state index contributed by atoms with van der Waals surface area (Å²) in [5.41, 5.74) is 1.06. The first-order valence-corrected chi connectivity index (χ1v) is 8.94. The highest BCUT2D eigenvalue weighted by molar-refractivity contribution is 6.30. The molecule has 1 unspecified atom stereocenters. The van der Waals surface area contributed by atoms with Crippen LogP contribution >= 0.6 is 11.6 Å². The summed E-state index contributed by atoms with van der Waals surface area (Å²) in [4.78, 5) is 24.8. The van der Waals surface area contributed by atoms with E-state index in [-0.39, 0.29) is 6.54 Å². The predicted molar refractivity (Wildman–Crippen MR) is 102 cm³/mol. The van der Waals surface area contributed by atoms with Gasteiger partial charge in [-0.3, -0.25) is 9.59 Å². The van der Waals surface area contributed by atoms with E-state index in [4.69, 9.17) is 16.0 Å². The van der Waals surface area contributed by atoms with E-state index in [9.17, 15) is 14.0 Å². The summed E-state index contributed by atoms with van der Waals surface area (Å²) in [6.45, 7) is -0.328. The number of furan rings is 1. The topological polar surface area (TPSA) is 67.8 Å². The number of amides is 1. The van der Waals surface area contributed by atoms with Crippen LogP contribution in [0.1, 0.15) is 23.8 Å². The maximum atomic E-state index is 13.5. The standard InChI is InChI=1S/C20H15ClFN3O3/c21-14-5-3-13(4-6-14)16-10-17(18-2-1-9-28-18)25(23-16)20(27)12-24-11-15(22)7-8-19(24)26/h1-9,11,17H,10,12H2. The molecule has 0 saturated carbocycles. The molecule has 4 rings (SSSR count). The average molecular weight is 400 g/mol. The van der Waals surface area contributed by atoms with E-state index in [2.05, 4.69) is 5.10 Å². The highest BCUT2D eigenvalue weighted by atomic mass is 35.5. The molecule has 1 aromatic carbocycles. The van der Waals surface area contributed by atoms with E-state index in [1.165, 1.54) is 11.3 Å². The fourth-order valence-electron chi connectivity index (χ4n) is 3.10. The van der Waals surface area contributed by atoms with Crippen molar-refractivity contribution in [3.63, 3.8) is 0 Å². The van der Waals surface area contributed by atoms with E-state index in [0.29, 0.717) is 22.9 Å². The van der Waals surface area contributed by atoms with Gasteiger partial charge in [0.2, 0.25) is 0 Å². The number of aromatic nitrogens is 1. The number of nitrogens with zero attached hydrogens (tertiary/aromatic N) is 3. The molecule has 3 heterocycles. The number of benzene rings is 1. The summed E-state index contributed by atoms with van der Waals surface area (Å²) in [5, 5.41) is 6.35. The van der Waals surface area contributed by atoms with Crippen molar-refractivity contribution in [3.05, 3.63) is 93.5 Å². The second-order valence-electron chi connectivity index (χ2n) is 6.34. The van der Waals surface area contributed by atoms with Gasteiger partial charge >= 0.3 is 0 Å². The van der Waals surface area contributed by atoms with E-state index < -0.39 is 23.3 Å². The van der Waals surface area contributed by atoms with Crippen LogP contribution < -0.4 is 5.56 Å². The lowest BCUT2D eigenvalue weighted by atomic mass is 10.0. The van der Waals surface area contributed by atoms with Crippen LogP contribution in [0.5, 0.6) is 0 Å². The number of hydrogen-bond donors (Lipinski definition) is 0. The van der Waals surface area contributed by atoms with Crippen LogP contribution in [0.25, 0.3) is 0 Å². The van der Waals surface area contributed by atoms with E-state index in [0.717, 1.165) is 28.5 Å². The highest BCUT2D eigenvalue weighted by Gasteiger charge is 2.34. The van der Waals surface area contributed by atoms with Crippen molar-refractivity contribution in [1.29, 1.82) is 0 Å². The average Bonchev–Trinajstić information content (AvgIpc) is 3.34. The lowest BCUT2D eigenvalue weighted by Crippen LogP contribution is -2.33. The third-order valence-electron chi connectivity index (χ3n) is 4.47. The van der Waals surface area contributed by atoms with Gasteiger partial charge < -0.3 is 8.98 Å². The number of hydrogen-bond acceptors (Lipinski definition) is 4. The maximum absolute atomic E-state index is 13.5. The van der Waals surface area contributed by atoms with Crippen molar-refractivity contribution in [1.82, 2.24) is 9.58 Å². The minimum Gasteiger partial charge on any atom is -0.467 e. The number of carbonyl (C=O) groups is 1. The summed E-state index contributed by atoms with van der Waals surface area (Å²) >= 11 is 5.94. The van der Waals surface area contributed by atoms with Gasteiger partial charge in [-0.15, -0.1) is 0 Å². The fraction of sp³-hybridized carbons (Fsp3) is 0.150. The quantitative estimate of drug-likeness (QED) is 0.673. The van der Waals surface area contributed by atoms with Crippen molar-refractivity contribution >= 4 is 23.2 Å². The third kappa shape index (κ3) is 3.61. The van der Waals surface area contributed by atoms with Gasteiger partial charge in [0, 0.05) is 23.7 Å². The SMILES string of the molecule is O=C(Cn1cc(F)ccc1=O)N1N=C(c2ccc(Cl)cc2)CC1c1ccco1. The molecule has 142 valence electrons. The molecule has 0 fully saturated rings. The fourth-order valence-corrected chi connectivity index (χ4v) is 3.23. The van der Waals surface area contributed by atoms with E-state index in [1.807, 2.05) is 12.1 Å². The molecule has 8 heteroatoms. The predicted octanol–water partition coefficient (Wildman–Crippen LogP) is 3.61. The van der Waals surface area contributed by atoms with Crippen molar-refractivity contribution in [2.45, 2.75) is 19.0 Å². The van der Waals surface area contributed by atoms with Crippen LogP contribution in [0.3, 0.4) is 0 Å². The maximum Gasteiger partial charge on any atom is 0.263 e. The Bertz CT molecular complexity index is 1090. The molecule has 28 heavy (non-hydrogen) atoms. The van der Waals surface area contributed by atoms with Gasteiger partial charge in [-0.1, -0.05) is 23.7 Å². The van der Waals surface area contributed by atoms with Crippen LogP contribution in [-0.4, -0.2) is 21.2 Å². The van der Waals surface area contributed by atoms with Crippen LogP contribution in [-0.2, 0) is 11.3 Å². The Morgan fingerprint density at radius 2 is 2.00 bits per heavy atom. The zero-order valence-corrected chi connectivity index (χ0v) is 15.3. The molecule has 0 N–H and O–H groups in total. The smallest absolute Gasteiger partial charge is 0.263 e. The van der Waals surface area contributed by atoms with Crippen molar-refractivity contribution in [3.8, 4) is 0 Å². The number of carbonyl (C=O) groups excluding carboxylic acids is 1. The van der Waals surface area contributed by atoms with Gasteiger partial charge in [-0.25, -0.2) is 9.40 Å². The highest BCUT2D eigenvalue weighted by Crippen LogP contribution is 2.33. The van der Waals surface area contributed by atoms with Crippen LogP contribution in [0.4, 0.5) is 4.39 Å². The number of pyridine rings is 1.